The van der Waals surface area contributed by atoms with E-state index in [0.29, 0.717) is 12.8 Å². The smallest absolute Gasteiger partial charge is 0.161 e. The Balaban J connectivity index is 2.31. The van der Waals surface area contributed by atoms with Crippen molar-refractivity contribution < 1.29 is 4.79 Å². The van der Waals surface area contributed by atoms with E-state index in [1.807, 2.05) is 36.6 Å². The highest BCUT2D eigenvalue weighted by molar-refractivity contribution is 8.13. The first-order chi connectivity index (χ1) is 12.4. The van der Waals surface area contributed by atoms with E-state index in [2.05, 4.69) is 26.5 Å². The first-order valence-corrected chi connectivity index (χ1v) is 10.1. The van der Waals surface area contributed by atoms with E-state index in [-0.39, 0.29) is 17.1 Å². The number of nitrogens with zero attached hydrogens (tertiary/aromatic N) is 2. The number of nitriles is 1. The van der Waals surface area contributed by atoms with Crippen LogP contribution in [0, 0.1) is 22.2 Å². The third-order valence-electron chi connectivity index (χ3n) is 5.29. The van der Waals surface area contributed by atoms with Crippen molar-refractivity contribution in [1.82, 2.24) is 0 Å². The second-order valence-corrected chi connectivity index (χ2v) is 8.64. The normalized spacial score (nSPS) is 27.4. The zero-order valence-electron chi connectivity index (χ0n) is 15.6. The maximum absolute atomic E-state index is 13.2. The molecule has 0 N–H and O–H groups in total. The van der Waals surface area contributed by atoms with Gasteiger partial charge in [0.2, 0.25) is 0 Å². The third-order valence-corrected chi connectivity index (χ3v) is 6.13. The van der Waals surface area contributed by atoms with Crippen molar-refractivity contribution in [1.29, 1.82) is 5.26 Å². The Hall–Kier alpha value is -2.12. The molecule has 0 fully saturated rings. The van der Waals surface area contributed by atoms with E-state index >= 15 is 0 Å². The Morgan fingerprint density at radius 1 is 1.35 bits per heavy atom. The van der Waals surface area contributed by atoms with Gasteiger partial charge in [-0.25, -0.2) is 4.99 Å². The monoisotopic (exact) mass is 364 g/mol. The maximum Gasteiger partial charge on any atom is 0.161 e. The molecule has 0 amide bonds. The van der Waals surface area contributed by atoms with Crippen LogP contribution in [0.2, 0.25) is 0 Å². The number of hydrogen-bond acceptors (Lipinski definition) is 4. The second-order valence-electron chi connectivity index (χ2n) is 7.84. The van der Waals surface area contributed by atoms with Gasteiger partial charge in [0.25, 0.3) is 0 Å². The van der Waals surface area contributed by atoms with Gasteiger partial charge in [0.05, 0.1) is 11.1 Å². The number of ketones is 1. The highest BCUT2D eigenvalue weighted by atomic mass is 32.2. The van der Waals surface area contributed by atoms with Gasteiger partial charge in [-0.3, -0.25) is 4.79 Å². The summed E-state index contributed by atoms with van der Waals surface area (Å²) >= 11 is 1.51. The second kappa shape index (κ2) is 6.89. The molecule has 0 unspecified atom stereocenters. The molecule has 4 heteroatoms. The van der Waals surface area contributed by atoms with Crippen LogP contribution in [0.3, 0.4) is 0 Å². The summed E-state index contributed by atoms with van der Waals surface area (Å²) in [7, 11) is 0. The molecule has 0 saturated carbocycles. The van der Waals surface area contributed by atoms with Gasteiger partial charge in [-0.2, -0.15) is 5.26 Å². The molecule has 1 aromatic carbocycles. The quantitative estimate of drug-likeness (QED) is 0.686. The SMILES string of the molecule is C=CC[C@]1(C#N)C(SC)=NC2=C(C(=O)CC(C)(C)C2)[C@@H]1c1ccccc1. The Bertz CT molecular complexity index is 845. The predicted octanol–water partition coefficient (Wildman–Crippen LogP) is 5.27. The molecule has 3 rings (SSSR count). The lowest BCUT2D eigenvalue weighted by Crippen LogP contribution is -2.42. The summed E-state index contributed by atoms with van der Waals surface area (Å²) in [6, 6.07) is 12.5. The minimum Gasteiger partial charge on any atom is -0.294 e. The summed E-state index contributed by atoms with van der Waals surface area (Å²) in [5, 5.41) is 11.0. The lowest BCUT2D eigenvalue weighted by atomic mass is 9.61. The van der Waals surface area contributed by atoms with Gasteiger partial charge in [0.1, 0.15) is 5.41 Å². The fraction of sp³-hybridized carbons (Fsp3) is 0.409. The molecule has 0 bridgehead atoms. The van der Waals surface area contributed by atoms with Crippen LogP contribution in [0.4, 0.5) is 0 Å². The maximum atomic E-state index is 13.2. The van der Waals surface area contributed by atoms with Crippen LogP contribution in [0.25, 0.3) is 0 Å². The standard InChI is InChI=1S/C22H24N2OS/c1-5-11-22(14-23)19(15-9-7-6-8-10-15)18-16(24-20(22)26-4)12-21(2,3)13-17(18)25/h5-10,19H,1,11-13H2,2-4H3/t19-,22+/m0/s1. The summed E-state index contributed by atoms with van der Waals surface area (Å²) in [4.78, 5) is 18.0. The Kier molecular flexibility index (Phi) is 4.94. The van der Waals surface area contributed by atoms with Crippen molar-refractivity contribution in [3.63, 3.8) is 0 Å². The average Bonchev–Trinajstić information content (AvgIpc) is 2.61. The van der Waals surface area contributed by atoms with E-state index in [4.69, 9.17) is 4.99 Å². The van der Waals surface area contributed by atoms with E-state index in [1.165, 1.54) is 11.8 Å². The van der Waals surface area contributed by atoms with Gasteiger partial charge in [0, 0.05) is 23.6 Å². The summed E-state index contributed by atoms with van der Waals surface area (Å²) in [5.41, 5.74) is 1.61. The molecule has 0 saturated heterocycles. The minimum absolute atomic E-state index is 0.102. The van der Waals surface area contributed by atoms with Gasteiger partial charge < -0.3 is 0 Å². The van der Waals surface area contributed by atoms with Crippen molar-refractivity contribution in [2.45, 2.75) is 39.0 Å². The van der Waals surface area contributed by atoms with Crippen LogP contribution in [0.5, 0.6) is 0 Å². The molecule has 26 heavy (non-hydrogen) atoms. The summed E-state index contributed by atoms with van der Waals surface area (Å²) in [6.45, 7) is 8.09. The van der Waals surface area contributed by atoms with Crippen molar-refractivity contribution in [3.05, 3.63) is 59.8 Å². The van der Waals surface area contributed by atoms with E-state index < -0.39 is 5.41 Å². The zero-order chi connectivity index (χ0) is 18.9. The number of aliphatic imine (C=N–C) groups is 1. The molecule has 2 atom stereocenters. The van der Waals surface area contributed by atoms with Gasteiger partial charge in [-0.1, -0.05) is 50.3 Å². The molecule has 0 radical (unpaired) electrons. The van der Waals surface area contributed by atoms with Crippen molar-refractivity contribution >= 4 is 22.6 Å². The average molecular weight is 365 g/mol. The number of carbonyl (C=O) groups is 1. The van der Waals surface area contributed by atoms with Crippen LogP contribution in [0.15, 0.2) is 59.2 Å². The number of hydrogen-bond donors (Lipinski definition) is 0. The number of allylic oxidation sites excluding steroid dienone is 3. The number of Topliss-reactive ketones (excluding diaryl/α,β-unsaturated/α-hetero) is 1. The summed E-state index contributed by atoms with van der Waals surface area (Å²) in [6.07, 6.45) is 5.45. The molecule has 0 spiro atoms. The van der Waals surface area contributed by atoms with Gasteiger partial charge in [-0.05, 0) is 30.1 Å². The molecular formula is C22H24N2OS. The van der Waals surface area contributed by atoms with Crippen molar-refractivity contribution in [2.75, 3.05) is 6.26 Å². The molecule has 0 aromatic heterocycles. The van der Waals surface area contributed by atoms with Gasteiger partial charge in [-0.15, -0.1) is 18.3 Å². The summed E-state index contributed by atoms with van der Waals surface area (Å²) < 4.78 is 0. The zero-order valence-corrected chi connectivity index (χ0v) is 16.4. The molecule has 2 aliphatic rings. The van der Waals surface area contributed by atoms with Crippen LogP contribution in [-0.4, -0.2) is 17.1 Å². The van der Waals surface area contributed by atoms with Crippen molar-refractivity contribution in [2.24, 2.45) is 15.8 Å². The Morgan fingerprint density at radius 2 is 2.04 bits per heavy atom. The highest BCUT2D eigenvalue weighted by Crippen LogP contribution is 2.55. The number of rotatable bonds is 3. The molecular weight excluding hydrogens is 340 g/mol. The predicted molar refractivity (Wildman–Crippen MR) is 108 cm³/mol. The summed E-state index contributed by atoms with van der Waals surface area (Å²) in [5.74, 6) is -0.178. The Labute approximate surface area is 159 Å². The Morgan fingerprint density at radius 3 is 2.62 bits per heavy atom. The first-order valence-electron chi connectivity index (χ1n) is 8.85. The topological polar surface area (TPSA) is 53.2 Å². The van der Waals surface area contributed by atoms with Crippen LogP contribution < -0.4 is 0 Å². The van der Waals surface area contributed by atoms with Gasteiger partial charge in [0.15, 0.2) is 5.78 Å². The fourth-order valence-corrected chi connectivity index (χ4v) is 5.05. The molecule has 1 aromatic rings. The molecule has 134 valence electrons. The largest absolute Gasteiger partial charge is 0.294 e. The van der Waals surface area contributed by atoms with Crippen LogP contribution >= 0.6 is 11.8 Å². The van der Waals surface area contributed by atoms with Crippen LogP contribution in [0.1, 0.15) is 44.6 Å². The molecule has 1 aliphatic carbocycles. The third kappa shape index (κ3) is 2.95. The van der Waals surface area contributed by atoms with E-state index in [0.717, 1.165) is 28.3 Å². The highest BCUT2D eigenvalue weighted by Gasteiger charge is 2.52. The molecule has 1 heterocycles. The molecule has 3 nitrogen and oxygen atoms in total. The fourth-order valence-electron chi connectivity index (χ4n) is 4.24. The number of thioether (sulfide) groups is 1. The number of carbonyl (C=O) groups excluding carboxylic acids is 1. The van der Waals surface area contributed by atoms with E-state index in [9.17, 15) is 10.1 Å². The first kappa shape index (κ1) is 18.7. The number of benzene rings is 1. The minimum atomic E-state index is -0.876. The lowest BCUT2D eigenvalue weighted by Gasteiger charge is -2.43. The molecule has 1 aliphatic heterocycles. The van der Waals surface area contributed by atoms with E-state index in [1.54, 1.807) is 6.08 Å². The lowest BCUT2D eigenvalue weighted by molar-refractivity contribution is -0.118. The van der Waals surface area contributed by atoms with Crippen molar-refractivity contribution in [3.8, 4) is 6.07 Å². The van der Waals surface area contributed by atoms with Crippen LogP contribution in [-0.2, 0) is 4.79 Å². The van der Waals surface area contributed by atoms with Gasteiger partial charge >= 0.3 is 0 Å².